The van der Waals surface area contributed by atoms with Gasteiger partial charge >= 0.3 is 5.97 Å². The summed E-state index contributed by atoms with van der Waals surface area (Å²) >= 11 is 0. The van der Waals surface area contributed by atoms with Crippen molar-refractivity contribution >= 4 is 5.97 Å². The second-order valence-electron chi connectivity index (χ2n) is 6.33. The first kappa shape index (κ1) is 14.9. The Morgan fingerprint density at radius 2 is 1.80 bits per heavy atom. The van der Waals surface area contributed by atoms with Gasteiger partial charge < -0.3 is 10.2 Å². The van der Waals surface area contributed by atoms with Crippen molar-refractivity contribution in [1.82, 2.24) is 0 Å². The fraction of sp³-hybridized carbons (Fsp3) is 0.588. The number of carbonyl (C=O) groups is 1. The molecule has 0 aromatic heterocycles. The van der Waals surface area contributed by atoms with Crippen LogP contribution in [0.3, 0.4) is 0 Å². The third-order valence-electron chi connectivity index (χ3n) is 4.63. The molecule has 2 N–H and O–H groups in total. The van der Waals surface area contributed by atoms with Crippen LogP contribution in [0.1, 0.15) is 68.6 Å². The lowest BCUT2D eigenvalue weighted by Gasteiger charge is -2.35. The van der Waals surface area contributed by atoms with Gasteiger partial charge in [0.15, 0.2) is 0 Å². The number of hydrogen-bond donors (Lipinski definition) is 2. The minimum absolute atomic E-state index is 0.184. The van der Waals surface area contributed by atoms with Gasteiger partial charge in [-0.2, -0.15) is 0 Å². The number of phenols is 1. The number of phenolic OH excluding ortho intramolecular Hbond substituents is 1. The monoisotopic (exact) mass is 276 g/mol. The lowest BCUT2D eigenvalue weighted by molar-refractivity contribution is -0.145. The number of aromatic hydroxyl groups is 1. The quantitative estimate of drug-likeness (QED) is 0.873. The minimum atomic E-state index is -0.764. The molecule has 0 spiro atoms. The van der Waals surface area contributed by atoms with E-state index in [9.17, 15) is 15.0 Å². The lowest BCUT2D eigenvalue weighted by Crippen LogP contribution is -2.38. The molecule has 1 aliphatic rings. The SMILES string of the molecule is Cc1cc(O)c(C(C)C)cc1C1(C(=O)O)CCCCC1. The number of carboxylic acids is 1. The third kappa shape index (κ3) is 2.41. The predicted octanol–water partition coefficient (Wildman–Crippen LogP) is 4.11. The highest BCUT2D eigenvalue weighted by molar-refractivity contribution is 5.82. The van der Waals surface area contributed by atoms with Crippen molar-refractivity contribution in [2.75, 3.05) is 0 Å². The second kappa shape index (κ2) is 5.47. The molecule has 0 amide bonds. The van der Waals surface area contributed by atoms with E-state index in [1.165, 1.54) is 0 Å². The van der Waals surface area contributed by atoms with E-state index < -0.39 is 11.4 Å². The van der Waals surface area contributed by atoms with Crippen molar-refractivity contribution in [3.8, 4) is 5.75 Å². The molecule has 20 heavy (non-hydrogen) atoms. The summed E-state index contributed by atoms with van der Waals surface area (Å²) in [4.78, 5) is 11.9. The van der Waals surface area contributed by atoms with E-state index in [-0.39, 0.29) is 11.7 Å². The Bertz CT molecular complexity index is 511. The molecule has 0 aliphatic heterocycles. The summed E-state index contributed by atoms with van der Waals surface area (Å²) < 4.78 is 0. The average Bonchev–Trinajstić information content (AvgIpc) is 2.38. The lowest BCUT2D eigenvalue weighted by atomic mass is 9.67. The van der Waals surface area contributed by atoms with Gasteiger partial charge in [-0.3, -0.25) is 4.79 Å². The molecule has 1 fully saturated rings. The summed E-state index contributed by atoms with van der Waals surface area (Å²) in [5.74, 6) is -0.262. The Morgan fingerprint density at radius 3 is 2.30 bits per heavy atom. The molecule has 1 aromatic rings. The number of aliphatic carboxylic acids is 1. The van der Waals surface area contributed by atoms with Crippen LogP contribution in [0, 0.1) is 6.92 Å². The molecule has 0 unspecified atom stereocenters. The van der Waals surface area contributed by atoms with Crippen molar-refractivity contribution in [3.05, 3.63) is 28.8 Å². The summed E-state index contributed by atoms with van der Waals surface area (Å²) in [7, 11) is 0. The molecule has 0 atom stereocenters. The Morgan fingerprint density at radius 1 is 1.20 bits per heavy atom. The van der Waals surface area contributed by atoms with Gasteiger partial charge in [-0.1, -0.05) is 39.2 Å². The molecule has 0 bridgehead atoms. The number of rotatable bonds is 3. The number of aryl methyl sites for hydroxylation is 1. The maximum atomic E-state index is 11.9. The van der Waals surface area contributed by atoms with E-state index in [0.717, 1.165) is 36.0 Å². The highest BCUT2D eigenvalue weighted by Crippen LogP contribution is 2.43. The first-order valence-electron chi connectivity index (χ1n) is 7.46. The topological polar surface area (TPSA) is 57.5 Å². The molecule has 3 nitrogen and oxygen atoms in total. The van der Waals surface area contributed by atoms with Crippen molar-refractivity contribution in [3.63, 3.8) is 0 Å². The van der Waals surface area contributed by atoms with Crippen molar-refractivity contribution in [2.24, 2.45) is 0 Å². The van der Waals surface area contributed by atoms with E-state index in [4.69, 9.17) is 0 Å². The van der Waals surface area contributed by atoms with Crippen LogP contribution in [0.25, 0.3) is 0 Å². The van der Waals surface area contributed by atoms with Crippen LogP contribution in [-0.4, -0.2) is 16.2 Å². The summed E-state index contributed by atoms with van der Waals surface area (Å²) in [6, 6.07) is 3.65. The highest BCUT2D eigenvalue weighted by Gasteiger charge is 2.42. The summed E-state index contributed by atoms with van der Waals surface area (Å²) in [6.07, 6.45) is 4.44. The van der Waals surface area contributed by atoms with Gasteiger partial charge in [0.25, 0.3) is 0 Å². The standard InChI is InChI=1S/C17H24O3/c1-11(2)13-10-14(12(3)9-15(13)18)17(16(19)20)7-5-4-6-8-17/h9-11,18H,4-8H2,1-3H3,(H,19,20). The normalized spacial score (nSPS) is 18.2. The maximum absolute atomic E-state index is 11.9. The molecule has 3 heteroatoms. The van der Waals surface area contributed by atoms with Gasteiger partial charge in [-0.25, -0.2) is 0 Å². The summed E-state index contributed by atoms with van der Waals surface area (Å²) in [5, 5.41) is 19.9. The van der Waals surface area contributed by atoms with Crippen molar-refractivity contribution in [2.45, 2.75) is 64.2 Å². The van der Waals surface area contributed by atoms with Crippen LogP contribution < -0.4 is 0 Å². The second-order valence-corrected chi connectivity index (χ2v) is 6.33. The van der Waals surface area contributed by atoms with Crippen LogP contribution >= 0.6 is 0 Å². The van der Waals surface area contributed by atoms with E-state index in [0.29, 0.717) is 12.8 Å². The molecule has 0 radical (unpaired) electrons. The predicted molar refractivity (Wildman–Crippen MR) is 79.3 cm³/mol. The minimum Gasteiger partial charge on any atom is -0.508 e. The first-order chi connectivity index (χ1) is 9.38. The molecule has 0 saturated heterocycles. The van der Waals surface area contributed by atoms with E-state index >= 15 is 0 Å². The Hall–Kier alpha value is -1.51. The van der Waals surface area contributed by atoms with Crippen molar-refractivity contribution in [1.29, 1.82) is 0 Å². The zero-order valence-electron chi connectivity index (χ0n) is 12.6. The fourth-order valence-electron chi connectivity index (χ4n) is 3.44. The average molecular weight is 276 g/mol. The van der Waals surface area contributed by atoms with Crippen LogP contribution in [0.15, 0.2) is 12.1 Å². The molecule has 0 heterocycles. The van der Waals surface area contributed by atoms with Crippen LogP contribution in [-0.2, 0) is 10.2 Å². The molecule has 1 saturated carbocycles. The zero-order chi connectivity index (χ0) is 14.9. The van der Waals surface area contributed by atoms with Crippen LogP contribution in [0.4, 0.5) is 0 Å². The van der Waals surface area contributed by atoms with Crippen LogP contribution in [0.2, 0.25) is 0 Å². The van der Waals surface area contributed by atoms with Crippen LogP contribution in [0.5, 0.6) is 5.75 Å². The smallest absolute Gasteiger partial charge is 0.314 e. The summed E-state index contributed by atoms with van der Waals surface area (Å²) in [6.45, 7) is 5.93. The Labute approximate surface area is 120 Å². The molecule has 1 aromatic carbocycles. The fourth-order valence-corrected chi connectivity index (χ4v) is 3.44. The zero-order valence-corrected chi connectivity index (χ0v) is 12.6. The van der Waals surface area contributed by atoms with E-state index in [1.54, 1.807) is 6.07 Å². The third-order valence-corrected chi connectivity index (χ3v) is 4.63. The molecular weight excluding hydrogens is 252 g/mol. The molecule has 110 valence electrons. The first-order valence-corrected chi connectivity index (χ1v) is 7.46. The number of hydrogen-bond acceptors (Lipinski definition) is 2. The largest absolute Gasteiger partial charge is 0.508 e. The molecule has 1 aliphatic carbocycles. The molecular formula is C17H24O3. The van der Waals surface area contributed by atoms with Crippen molar-refractivity contribution < 1.29 is 15.0 Å². The van der Waals surface area contributed by atoms with Gasteiger partial charge in [-0.15, -0.1) is 0 Å². The van der Waals surface area contributed by atoms with Gasteiger partial charge in [0.1, 0.15) is 5.75 Å². The highest BCUT2D eigenvalue weighted by atomic mass is 16.4. The maximum Gasteiger partial charge on any atom is 0.314 e. The Balaban J connectivity index is 2.59. The van der Waals surface area contributed by atoms with E-state index in [2.05, 4.69) is 0 Å². The van der Waals surface area contributed by atoms with Gasteiger partial charge in [0, 0.05) is 0 Å². The Kier molecular flexibility index (Phi) is 4.07. The van der Waals surface area contributed by atoms with Gasteiger partial charge in [0.2, 0.25) is 0 Å². The summed E-state index contributed by atoms with van der Waals surface area (Å²) in [5.41, 5.74) is 1.86. The number of benzene rings is 1. The molecule has 2 rings (SSSR count). The van der Waals surface area contributed by atoms with Gasteiger partial charge in [-0.05, 0) is 48.4 Å². The number of carboxylic acid groups (broad SMARTS) is 1. The van der Waals surface area contributed by atoms with Gasteiger partial charge in [0.05, 0.1) is 5.41 Å². The van der Waals surface area contributed by atoms with E-state index in [1.807, 2.05) is 26.8 Å².